The van der Waals surface area contributed by atoms with Crippen LogP contribution in [0.3, 0.4) is 0 Å². The van der Waals surface area contributed by atoms with Crippen LogP contribution >= 0.6 is 24.0 Å². The second-order valence-corrected chi connectivity index (χ2v) is 7.98. The molecule has 0 saturated carbocycles. The molecule has 0 aromatic heterocycles. The summed E-state index contributed by atoms with van der Waals surface area (Å²) in [6.07, 6.45) is 3.95. The molecule has 0 radical (unpaired) electrons. The van der Waals surface area contributed by atoms with Gasteiger partial charge in [-0.05, 0) is 44.0 Å². The lowest BCUT2D eigenvalue weighted by atomic mass is 10.0. The number of hydrogen-bond acceptors (Lipinski definition) is 4. The number of aliphatic imine (C=N–C) groups is 1. The van der Waals surface area contributed by atoms with E-state index < -0.39 is 0 Å². The Morgan fingerprint density at radius 1 is 1.17 bits per heavy atom. The Hall–Kier alpha value is -0.970. The Bertz CT molecular complexity index is 639. The summed E-state index contributed by atoms with van der Waals surface area (Å²) in [5.41, 5.74) is 1.11. The van der Waals surface area contributed by atoms with Crippen molar-refractivity contribution in [3.63, 3.8) is 0 Å². The second kappa shape index (κ2) is 13.4. The van der Waals surface area contributed by atoms with Crippen molar-refractivity contribution in [3.8, 4) is 0 Å². The molecule has 0 bridgehead atoms. The first kappa shape index (κ1) is 25.3. The van der Waals surface area contributed by atoms with Gasteiger partial charge in [0.25, 0.3) is 0 Å². The molecule has 2 unspecified atom stereocenters. The molecular formula is C22H37FIN5O. The molecule has 1 aromatic carbocycles. The third kappa shape index (κ3) is 7.62. The minimum atomic E-state index is -0.202. The number of guanidine groups is 1. The van der Waals surface area contributed by atoms with E-state index in [2.05, 4.69) is 32.3 Å². The molecule has 0 amide bonds. The maximum absolute atomic E-state index is 13.4. The molecule has 3 rings (SSSR count). The fourth-order valence-corrected chi connectivity index (χ4v) is 4.25. The summed E-state index contributed by atoms with van der Waals surface area (Å²) in [4.78, 5) is 9.34. The smallest absolute Gasteiger partial charge is 0.191 e. The number of likely N-dealkylation sites (tertiary alicyclic amines) is 1. The Morgan fingerprint density at radius 3 is 2.57 bits per heavy atom. The third-order valence-electron chi connectivity index (χ3n) is 6.06. The number of ether oxygens (including phenoxy) is 1. The van der Waals surface area contributed by atoms with Gasteiger partial charge >= 0.3 is 0 Å². The van der Waals surface area contributed by atoms with Crippen molar-refractivity contribution < 1.29 is 9.13 Å². The number of piperidine rings is 1. The second-order valence-electron chi connectivity index (χ2n) is 7.98. The van der Waals surface area contributed by atoms with Crippen molar-refractivity contribution in [3.05, 3.63) is 35.6 Å². The van der Waals surface area contributed by atoms with E-state index in [1.165, 1.54) is 37.9 Å². The van der Waals surface area contributed by atoms with Crippen LogP contribution in [-0.2, 0) is 4.74 Å². The molecule has 2 aliphatic heterocycles. The Balaban J connectivity index is 0.00000320. The molecule has 0 aliphatic carbocycles. The molecule has 2 fully saturated rings. The molecule has 6 nitrogen and oxygen atoms in total. The fraction of sp³-hybridized carbons (Fsp3) is 0.682. The zero-order valence-corrected chi connectivity index (χ0v) is 20.6. The quantitative estimate of drug-likeness (QED) is 0.321. The van der Waals surface area contributed by atoms with Crippen LogP contribution in [0.1, 0.15) is 37.8 Å². The van der Waals surface area contributed by atoms with E-state index in [-0.39, 0.29) is 35.8 Å². The van der Waals surface area contributed by atoms with Gasteiger partial charge in [-0.15, -0.1) is 24.0 Å². The van der Waals surface area contributed by atoms with Gasteiger partial charge in [0.05, 0.1) is 19.3 Å². The SMILES string of the molecule is CN=C(NCCN1CCCCC1C)NCC(c1ccc(F)cc1)N1CCOCC1.I. The minimum Gasteiger partial charge on any atom is -0.379 e. The van der Waals surface area contributed by atoms with Gasteiger partial charge in [0.1, 0.15) is 5.82 Å². The monoisotopic (exact) mass is 533 g/mol. The van der Waals surface area contributed by atoms with Gasteiger partial charge in [-0.1, -0.05) is 18.6 Å². The van der Waals surface area contributed by atoms with Gasteiger partial charge in [0.2, 0.25) is 0 Å². The van der Waals surface area contributed by atoms with Crippen LogP contribution in [0.2, 0.25) is 0 Å². The topological polar surface area (TPSA) is 52.1 Å². The summed E-state index contributed by atoms with van der Waals surface area (Å²) in [6.45, 7) is 9.36. The number of morpholine rings is 1. The summed E-state index contributed by atoms with van der Waals surface area (Å²) in [5.74, 6) is 0.613. The first-order valence-electron chi connectivity index (χ1n) is 10.9. The zero-order valence-electron chi connectivity index (χ0n) is 18.3. The normalized spacial score (nSPS) is 22.2. The van der Waals surface area contributed by atoms with Gasteiger partial charge < -0.3 is 15.4 Å². The van der Waals surface area contributed by atoms with Crippen molar-refractivity contribution in [1.82, 2.24) is 20.4 Å². The molecule has 2 heterocycles. The third-order valence-corrected chi connectivity index (χ3v) is 6.06. The highest BCUT2D eigenvalue weighted by molar-refractivity contribution is 14.0. The van der Waals surface area contributed by atoms with E-state index in [0.717, 1.165) is 50.9 Å². The van der Waals surface area contributed by atoms with Crippen LogP contribution < -0.4 is 10.6 Å². The molecule has 2 N–H and O–H groups in total. The number of halogens is 2. The van der Waals surface area contributed by atoms with Gasteiger partial charge in [-0.25, -0.2) is 4.39 Å². The van der Waals surface area contributed by atoms with Crippen LogP contribution in [0, 0.1) is 5.82 Å². The van der Waals surface area contributed by atoms with E-state index in [0.29, 0.717) is 12.6 Å². The highest BCUT2D eigenvalue weighted by Gasteiger charge is 2.23. The van der Waals surface area contributed by atoms with Crippen LogP contribution in [0.5, 0.6) is 0 Å². The lowest BCUT2D eigenvalue weighted by Gasteiger charge is -2.35. The summed E-state index contributed by atoms with van der Waals surface area (Å²) in [5, 5.41) is 6.92. The lowest BCUT2D eigenvalue weighted by Crippen LogP contribution is -2.48. The first-order valence-corrected chi connectivity index (χ1v) is 10.9. The number of nitrogens with zero attached hydrogens (tertiary/aromatic N) is 3. The maximum atomic E-state index is 13.4. The lowest BCUT2D eigenvalue weighted by molar-refractivity contribution is 0.0170. The largest absolute Gasteiger partial charge is 0.379 e. The molecule has 0 spiro atoms. The number of nitrogens with one attached hydrogen (secondary N) is 2. The van der Waals surface area contributed by atoms with Gasteiger partial charge in [0, 0.05) is 45.8 Å². The highest BCUT2D eigenvalue weighted by atomic mass is 127. The van der Waals surface area contributed by atoms with E-state index >= 15 is 0 Å². The molecular weight excluding hydrogens is 496 g/mol. The van der Waals surface area contributed by atoms with Crippen molar-refractivity contribution in [2.45, 2.75) is 38.3 Å². The molecule has 170 valence electrons. The molecule has 1 aromatic rings. The number of rotatable bonds is 7. The van der Waals surface area contributed by atoms with Crippen molar-refractivity contribution >= 4 is 29.9 Å². The number of hydrogen-bond donors (Lipinski definition) is 2. The Labute approximate surface area is 197 Å². The average Bonchev–Trinajstić information content (AvgIpc) is 2.76. The highest BCUT2D eigenvalue weighted by Crippen LogP contribution is 2.21. The average molecular weight is 533 g/mol. The molecule has 2 atom stereocenters. The Kier molecular flexibility index (Phi) is 11.3. The predicted octanol–water partition coefficient (Wildman–Crippen LogP) is 2.86. The maximum Gasteiger partial charge on any atom is 0.191 e. The predicted molar refractivity (Wildman–Crippen MR) is 131 cm³/mol. The molecule has 2 saturated heterocycles. The molecule has 30 heavy (non-hydrogen) atoms. The fourth-order valence-electron chi connectivity index (χ4n) is 4.25. The van der Waals surface area contributed by atoms with E-state index in [4.69, 9.17) is 4.74 Å². The van der Waals surface area contributed by atoms with Crippen molar-refractivity contribution in [2.75, 3.05) is 59.5 Å². The summed E-state index contributed by atoms with van der Waals surface area (Å²) < 4.78 is 18.9. The van der Waals surface area contributed by atoms with Crippen molar-refractivity contribution in [1.29, 1.82) is 0 Å². The van der Waals surface area contributed by atoms with Crippen LogP contribution in [0.25, 0.3) is 0 Å². The number of benzene rings is 1. The van der Waals surface area contributed by atoms with Crippen LogP contribution in [0.4, 0.5) is 4.39 Å². The van der Waals surface area contributed by atoms with Gasteiger partial charge in [0.15, 0.2) is 5.96 Å². The summed E-state index contributed by atoms with van der Waals surface area (Å²) in [6, 6.07) is 7.66. The van der Waals surface area contributed by atoms with Crippen LogP contribution in [0.15, 0.2) is 29.3 Å². The molecule has 8 heteroatoms. The Morgan fingerprint density at radius 2 is 1.90 bits per heavy atom. The summed E-state index contributed by atoms with van der Waals surface area (Å²) in [7, 11) is 1.81. The van der Waals surface area contributed by atoms with E-state index in [1.807, 2.05) is 12.1 Å². The minimum absolute atomic E-state index is 0. The van der Waals surface area contributed by atoms with E-state index in [9.17, 15) is 4.39 Å². The first-order chi connectivity index (χ1) is 14.2. The van der Waals surface area contributed by atoms with E-state index in [1.54, 1.807) is 7.05 Å². The molecule has 2 aliphatic rings. The van der Waals surface area contributed by atoms with Crippen molar-refractivity contribution in [2.24, 2.45) is 4.99 Å². The zero-order chi connectivity index (χ0) is 20.5. The van der Waals surface area contributed by atoms with Gasteiger partial charge in [-0.2, -0.15) is 0 Å². The standard InChI is InChI=1S/C22H36FN5O.HI/c1-18-5-3-4-11-27(18)12-10-25-22(24-2)26-17-21(28-13-15-29-16-14-28)19-6-8-20(23)9-7-19;/h6-9,18,21H,3-5,10-17H2,1-2H3,(H2,24,25,26);1H. The summed E-state index contributed by atoms with van der Waals surface area (Å²) >= 11 is 0. The van der Waals surface area contributed by atoms with Gasteiger partial charge in [-0.3, -0.25) is 14.8 Å². The van der Waals surface area contributed by atoms with Crippen LogP contribution in [-0.4, -0.2) is 81.3 Å².